The molecule has 20 heavy (non-hydrogen) atoms. The molecule has 0 radical (unpaired) electrons. The van der Waals surface area contributed by atoms with Gasteiger partial charge in [-0.1, -0.05) is 30.9 Å². The van der Waals surface area contributed by atoms with Gasteiger partial charge in [0.25, 0.3) is 5.91 Å². The highest BCUT2D eigenvalue weighted by Gasteiger charge is 2.11. The van der Waals surface area contributed by atoms with Crippen molar-refractivity contribution in [3.8, 4) is 0 Å². The van der Waals surface area contributed by atoms with E-state index in [1.807, 2.05) is 12.1 Å². The first-order chi connectivity index (χ1) is 9.60. The molecule has 0 aliphatic rings. The first kappa shape index (κ1) is 13.5. The summed E-state index contributed by atoms with van der Waals surface area (Å²) in [5, 5.41) is 11.5. The van der Waals surface area contributed by atoms with Crippen LogP contribution in [0.3, 0.4) is 0 Å². The van der Waals surface area contributed by atoms with Crippen molar-refractivity contribution in [2.24, 2.45) is 0 Å². The molecular weight excluding hydrogens is 256 g/mol. The molecule has 1 amide bonds. The van der Waals surface area contributed by atoms with Crippen LogP contribution in [0.2, 0.25) is 0 Å². The number of aromatic nitrogens is 1. The van der Waals surface area contributed by atoms with E-state index in [1.165, 1.54) is 18.2 Å². The molecular formula is C15H12N2O3. The number of aromatic carboxylic acids is 1. The molecule has 2 N–H and O–H groups in total. The lowest BCUT2D eigenvalue weighted by Gasteiger charge is -2.05. The number of benzene rings is 1. The molecule has 0 fully saturated rings. The largest absolute Gasteiger partial charge is 0.477 e. The summed E-state index contributed by atoms with van der Waals surface area (Å²) in [7, 11) is 0. The van der Waals surface area contributed by atoms with Crippen LogP contribution in [-0.4, -0.2) is 22.0 Å². The Bertz CT molecular complexity index is 663. The maximum Gasteiger partial charge on any atom is 0.354 e. The summed E-state index contributed by atoms with van der Waals surface area (Å²) in [6.45, 7) is 3.64. The average molecular weight is 268 g/mol. The number of anilines is 1. The minimum absolute atomic E-state index is 0.0534. The van der Waals surface area contributed by atoms with Crippen LogP contribution in [0.4, 0.5) is 5.69 Å². The fourth-order valence-corrected chi connectivity index (χ4v) is 1.58. The van der Waals surface area contributed by atoms with E-state index in [9.17, 15) is 9.59 Å². The Labute approximate surface area is 115 Å². The first-order valence-corrected chi connectivity index (χ1v) is 5.84. The van der Waals surface area contributed by atoms with Crippen LogP contribution >= 0.6 is 0 Å². The van der Waals surface area contributed by atoms with Gasteiger partial charge in [-0.15, -0.1) is 0 Å². The van der Waals surface area contributed by atoms with Gasteiger partial charge in [-0.2, -0.15) is 0 Å². The minimum atomic E-state index is -1.17. The predicted octanol–water partition coefficient (Wildman–Crippen LogP) is 2.68. The van der Waals surface area contributed by atoms with Crippen molar-refractivity contribution in [3.05, 3.63) is 66.0 Å². The molecule has 100 valence electrons. The van der Waals surface area contributed by atoms with Gasteiger partial charge in [-0.3, -0.25) is 4.79 Å². The van der Waals surface area contributed by atoms with E-state index in [1.54, 1.807) is 18.2 Å². The molecule has 0 bridgehead atoms. The highest BCUT2D eigenvalue weighted by Crippen LogP contribution is 2.11. The number of amides is 1. The van der Waals surface area contributed by atoms with E-state index < -0.39 is 11.9 Å². The number of carboxylic acid groups (broad SMARTS) is 1. The molecule has 1 heterocycles. The number of pyridine rings is 1. The van der Waals surface area contributed by atoms with E-state index in [2.05, 4.69) is 16.9 Å². The fraction of sp³-hybridized carbons (Fsp3) is 0. The van der Waals surface area contributed by atoms with Crippen molar-refractivity contribution in [1.82, 2.24) is 4.98 Å². The molecule has 0 atom stereocenters. The van der Waals surface area contributed by atoms with Gasteiger partial charge in [0.1, 0.15) is 11.4 Å². The smallest absolute Gasteiger partial charge is 0.354 e. The molecule has 1 aromatic heterocycles. The number of carboxylic acids is 1. The summed E-state index contributed by atoms with van der Waals surface area (Å²) < 4.78 is 0. The third kappa shape index (κ3) is 3.08. The molecule has 0 saturated carbocycles. The quantitative estimate of drug-likeness (QED) is 0.893. The Kier molecular flexibility index (Phi) is 3.91. The van der Waals surface area contributed by atoms with Crippen molar-refractivity contribution in [2.45, 2.75) is 0 Å². The predicted molar refractivity (Wildman–Crippen MR) is 75.7 cm³/mol. The Hall–Kier alpha value is -2.95. The summed E-state index contributed by atoms with van der Waals surface area (Å²) >= 11 is 0. The zero-order valence-corrected chi connectivity index (χ0v) is 10.5. The van der Waals surface area contributed by atoms with Crippen molar-refractivity contribution < 1.29 is 14.7 Å². The fourth-order valence-electron chi connectivity index (χ4n) is 1.58. The molecule has 0 aliphatic heterocycles. The van der Waals surface area contributed by atoms with Crippen molar-refractivity contribution >= 4 is 23.6 Å². The van der Waals surface area contributed by atoms with Crippen molar-refractivity contribution in [3.63, 3.8) is 0 Å². The van der Waals surface area contributed by atoms with Crippen LogP contribution in [-0.2, 0) is 0 Å². The lowest BCUT2D eigenvalue weighted by atomic mass is 10.2. The second kappa shape index (κ2) is 5.79. The van der Waals surface area contributed by atoms with Gasteiger partial charge in [-0.25, -0.2) is 9.78 Å². The second-order valence-electron chi connectivity index (χ2n) is 3.99. The van der Waals surface area contributed by atoms with Crippen LogP contribution in [0.5, 0.6) is 0 Å². The first-order valence-electron chi connectivity index (χ1n) is 5.84. The van der Waals surface area contributed by atoms with Gasteiger partial charge in [0.2, 0.25) is 0 Å². The van der Waals surface area contributed by atoms with Gasteiger partial charge in [0.05, 0.1) is 0 Å². The monoisotopic (exact) mass is 268 g/mol. The number of carbonyl (C=O) groups excluding carboxylic acids is 1. The number of nitrogens with zero attached hydrogens (tertiary/aromatic N) is 1. The van der Waals surface area contributed by atoms with Gasteiger partial charge in [0, 0.05) is 5.69 Å². The standard InChI is InChI=1S/C15H12N2O3/c1-2-10-6-8-11(9-7-10)16-14(18)12-4-3-5-13(17-12)15(19)20/h2-9H,1H2,(H,16,18)(H,19,20). The Morgan fingerprint density at radius 2 is 1.75 bits per heavy atom. The zero-order valence-electron chi connectivity index (χ0n) is 10.5. The summed E-state index contributed by atoms with van der Waals surface area (Å²) in [5.41, 5.74) is 1.43. The number of rotatable bonds is 4. The lowest BCUT2D eigenvalue weighted by molar-refractivity contribution is 0.0690. The molecule has 0 saturated heterocycles. The molecule has 0 unspecified atom stereocenters. The number of hydrogen-bond acceptors (Lipinski definition) is 3. The van der Waals surface area contributed by atoms with Crippen LogP contribution in [0.1, 0.15) is 26.5 Å². The van der Waals surface area contributed by atoms with Crippen LogP contribution < -0.4 is 5.32 Å². The van der Waals surface area contributed by atoms with E-state index in [-0.39, 0.29) is 11.4 Å². The Balaban J connectivity index is 2.16. The Morgan fingerprint density at radius 1 is 1.10 bits per heavy atom. The van der Waals surface area contributed by atoms with E-state index in [4.69, 9.17) is 5.11 Å². The Morgan fingerprint density at radius 3 is 2.35 bits per heavy atom. The summed E-state index contributed by atoms with van der Waals surface area (Å²) in [4.78, 5) is 26.5. The maximum absolute atomic E-state index is 12.0. The normalized spacial score (nSPS) is 9.80. The molecule has 1 aromatic carbocycles. The van der Waals surface area contributed by atoms with E-state index in [0.29, 0.717) is 5.69 Å². The van der Waals surface area contributed by atoms with Crippen LogP contribution in [0.25, 0.3) is 6.08 Å². The molecule has 0 spiro atoms. The summed E-state index contributed by atoms with van der Waals surface area (Å²) in [6, 6.07) is 11.4. The molecule has 0 aliphatic carbocycles. The average Bonchev–Trinajstić information content (AvgIpc) is 2.48. The number of carbonyl (C=O) groups is 2. The molecule has 5 heteroatoms. The summed E-state index contributed by atoms with van der Waals surface area (Å²) in [5.74, 6) is -1.63. The number of nitrogens with one attached hydrogen (secondary N) is 1. The highest BCUT2D eigenvalue weighted by molar-refractivity contribution is 6.03. The van der Waals surface area contributed by atoms with Crippen molar-refractivity contribution in [2.75, 3.05) is 5.32 Å². The van der Waals surface area contributed by atoms with Gasteiger partial charge >= 0.3 is 5.97 Å². The molecule has 2 aromatic rings. The zero-order chi connectivity index (χ0) is 14.5. The van der Waals surface area contributed by atoms with Crippen LogP contribution in [0, 0.1) is 0 Å². The van der Waals surface area contributed by atoms with Gasteiger partial charge in [0.15, 0.2) is 0 Å². The second-order valence-corrected chi connectivity index (χ2v) is 3.99. The van der Waals surface area contributed by atoms with Crippen LogP contribution in [0.15, 0.2) is 49.0 Å². The third-order valence-corrected chi connectivity index (χ3v) is 2.61. The SMILES string of the molecule is C=Cc1ccc(NC(=O)c2cccc(C(=O)O)n2)cc1. The van der Waals surface area contributed by atoms with E-state index >= 15 is 0 Å². The minimum Gasteiger partial charge on any atom is -0.477 e. The molecule has 2 rings (SSSR count). The van der Waals surface area contributed by atoms with E-state index in [0.717, 1.165) is 5.56 Å². The lowest BCUT2D eigenvalue weighted by Crippen LogP contribution is -2.15. The number of hydrogen-bond donors (Lipinski definition) is 2. The maximum atomic E-state index is 12.0. The van der Waals surface area contributed by atoms with Crippen molar-refractivity contribution in [1.29, 1.82) is 0 Å². The summed E-state index contributed by atoms with van der Waals surface area (Å²) in [6.07, 6.45) is 1.70. The van der Waals surface area contributed by atoms with Gasteiger partial charge in [-0.05, 0) is 29.8 Å². The highest BCUT2D eigenvalue weighted by atomic mass is 16.4. The van der Waals surface area contributed by atoms with Gasteiger partial charge < -0.3 is 10.4 Å². The molecule has 5 nitrogen and oxygen atoms in total. The third-order valence-electron chi connectivity index (χ3n) is 2.61. The topological polar surface area (TPSA) is 79.3 Å².